The highest BCUT2D eigenvalue weighted by molar-refractivity contribution is 5.83. The Morgan fingerprint density at radius 2 is 1.90 bits per heavy atom. The standard InChI is InChI=1S/C18H26N2O/c1-20(2)18(10-6-7-11-18)13-19-17(21)16-12-15(16)14-8-4-3-5-9-14/h3-5,8-9,15-16H,6-7,10-13H2,1-2H3,(H,19,21)/t15-,16-/m0/s1. The van der Waals surface area contributed by atoms with Crippen LogP contribution in [0.25, 0.3) is 0 Å². The second-order valence-electron chi connectivity index (χ2n) is 6.90. The molecule has 1 N–H and O–H groups in total. The van der Waals surface area contributed by atoms with E-state index in [4.69, 9.17) is 0 Å². The van der Waals surface area contributed by atoms with E-state index in [1.807, 2.05) is 6.07 Å². The maximum Gasteiger partial charge on any atom is 0.223 e. The lowest BCUT2D eigenvalue weighted by Crippen LogP contribution is -2.51. The molecular formula is C18H26N2O. The van der Waals surface area contributed by atoms with E-state index in [2.05, 4.69) is 48.6 Å². The lowest BCUT2D eigenvalue weighted by Gasteiger charge is -2.36. The fourth-order valence-electron chi connectivity index (χ4n) is 3.75. The molecule has 2 aliphatic carbocycles. The molecule has 114 valence electrons. The van der Waals surface area contributed by atoms with Crippen LogP contribution in [0.4, 0.5) is 0 Å². The molecule has 0 radical (unpaired) electrons. The number of rotatable bonds is 5. The Balaban J connectivity index is 1.54. The monoisotopic (exact) mass is 286 g/mol. The van der Waals surface area contributed by atoms with Crippen LogP contribution in [0, 0.1) is 5.92 Å². The van der Waals surface area contributed by atoms with Crippen molar-refractivity contribution >= 4 is 5.91 Å². The molecule has 0 unspecified atom stereocenters. The molecule has 0 spiro atoms. The van der Waals surface area contributed by atoms with Gasteiger partial charge >= 0.3 is 0 Å². The zero-order chi connectivity index (χ0) is 14.9. The first-order valence-electron chi connectivity index (χ1n) is 8.12. The molecule has 0 bridgehead atoms. The van der Waals surface area contributed by atoms with E-state index in [1.165, 1.54) is 31.2 Å². The first-order valence-corrected chi connectivity index (χ1v) is 8.12. The molecule has 0 aliphatic heterocycles. The quantitative estimate of drug-likeness (QED) is 0.902. The van der Waals surface area contributed by atoms with Gasteiger partial charge in [0.15, 0.2) is 0 Å². The van der Waals surface area contributed by atoms with Gasteiger partial charge in [-0.3, -0.25) is 4.79 Å². The van der Waals surface area contributed by atoms with Crippen molar-refractivity contribution in [3.63, 3.8) is 0 Å². The second-order valence-corrected chi connectivity index (χ2v) is 6.90. The molecule has 3 nitrogen and oxygen atoms in total. The van der Waals surface area contributed by atoms with Gasteiger partial charge in [0.1, 0.15) is 0 Å². The lowest BCUT2D eigenvalue weighted by molar-refractivity contribution is -0.123. The van der Waals surface area contributed by atoms with E-state index in [-0.39, 0.29) is 17.4 Å². The van der Waals surface area contributed by atoms with E-state index in [0.717, 1.165) is 13.0 Å². The summed E-state index contributed by atoms with van der Waals surface area (Å²) in [5, 5.41) is 3.23. The van der Waals surface area contributed by atoms with Crippen LogP contribution in [-0.4, -0.2) is 37.0 Å². The predicted octanol–water partition coefficient (Wildman–Crippen LogP) is 2.78. The van der Waals surface area contributed by atoms with Crippen LogP contribution >= 0.6 is 0 Å². The first-order chi connectivity index (χ1) is 10.1. The number of nitrogens with zero attached hydrogens (tertiary/aromatic N) is 1. The summed E-state index contributed by atoms with van der Waals surface area (Å²) >= 11 is 0. The first kappa shape index (κ1) is 14.6. The van der Waals surface area contributed by atoms with Crippen LogP contribution in [0.15, 0.2) is 30.3 Å². The molecule has 1 aromatic rings. The van der Waals surface area contributed by atoms with E-state index >= 15 is 0 Å². The summed E-state index contributed by atoms with van der Waals surface area (Å²) < 4.78 is 0. The van der Waals surface area contributed by atoms with Gasteiger partial charge in [0.2, 0.25) is 5.91 Å². The molecule has 1 aromatic carbocycles. The maximum atomic E-state index is 12.4. The third-order valence-electron chi connectivity index (χ3n) is 5.43. The largest absolute Gasteiger partial charge is 0.354 e. The molecular weight excluding hydrogens is 260 g/mol. The van der Waals surface area contributed by atoms with Crippen molar-refractivity contribution in [2.45, 2.75) is 43.6 Å². The topological polar surface area (TPSA) is 32.3 Å². The Kier molecular flexibility index (Phi) is 4.03. The summed E-state index contributed by atoms with van der Waals surface area (Å²) in [5.41, 5.74) is 1.49. The molecule has 2 saturated carbocycles. The molecule has 3 heteroatoms. The average Bonchev–Trinajstić information content (AvgIpc) is 3.16. The van der Waals surface area contributed by atoms with E-state index in [1.54, 1.807) is 0 Å². The minimum Gasteiger partial charge on any atom is -0.354 e. The molecule has 1 amide bonds. The molecule has 21 heavy (non-hydrogen) atoms. The summed E-state index contributed by atoms with van der Waals surface area (Å²) in [4.78, 5) is 14.7. The number of amides is 1. The highest BCUT2D eigenvalue weighted by Gasteiger charge is 2.45. The van der Waals surface area contributed by atoms with Crippen LogP contribution in [0.1, 0.15) is 43.6 Å². The fourth-order valence-corrected chi connectivity index (χ4v) is 3.75. The van der Waals surface area contributed by atoms with Gasteiger partial charge in [0.25, 0.3) is 0 Å². The van der Waals surface area contributed by atoms with Crippen LogP contribution in [0.3, 0.4) is 0 Å². The van der Waals surface area contributed by atoms with Crippen molar-refractivity contribution < 1.29 is 4.79 Å². The molecule has 2 aliphatic rings. The van der Waals surface area contributed by atoms with Crippen LogP contribution in [0.5, 0.6) is 0 Å². The summed E-state index contributed by atoms with van der Waals surface area (Å²) in [6.45, 7) is 0.802. The third kappa shape index (κ3) is 2.98. The summed E-state index contributed by atoms with van der Waals surface area (Å²) in [6.07, 6.45) is 5.97. The molecule has 3 rings (SSSR count). The zero-order valence-electron chi connectivity index (χ0n) is 13.1. The Morgan fingerprint density at radius 3 is 2.52 bits per heavy atom. The number of hydrogen-bond donors (Lipinski definition) is 1. The number of likely N-dealkylation sites (N-methyl/N-ethyl adjacent to an activating group) is 1. The maximum absolute atomic E-state index is 12.4. The minimum absolute atomic E-state index is 0.187. The van der Waals surface area contributed by atoms with Crippen molar-refractivity contribution in [2.75, 3.05) is 20.6 Å². The molecule has 0 aromatic heterocycles. The average molecular weight is 286 g/mol. The number of hydrogen-bond acceptors (Lipinski definition) is 2. The normalized spacial score (nSPS) is 26.8. The van der Waals surface area contributed by atoms with Gasteiger partial charge in [-0.1, -0.05) is 43.2 Å². The SMILES string of the molecule is CN(C)C1(CNC(=O)[C@H]2C[C@H]2c2ccccc2)CCCC1. The molecule has 0 saturated heterocycles. The highest BCUT2D eigenvalue weighted by Crippen LogP contribution is 2.47. The van der Waals surface area contributed by atoms with E-state index in [9.17, 15) is 4.79 Å². The van der Waals surface area contributed by atoms with Gasteiger partial charge in [0.05, 0.1) is 0 Å². The highest BCUT2D eigenvalue weighted by atomic mass is 16.2. The van der Waals surface area contributed by atoms with Crippen molar-refractivity contribution in [3.05, 3.63) is 35.9 Å². The zero-order valence-corrected chi connectivity index (χ0v) is 13.1. The molecule has 0 heterocycles. The smallest absolute Gasteiger partial charge is 0.223 e. The van der Waals surface area contributed by atoms with Gasteiger partial charge in [-0.15, -0.1) is 0 Å². The number of carbonyl (C=O) groups excluding carboxylic acids is 1. The van der Waals surface area contributed by atoms with Gasteiger partial charge in [-0.25, -0.2) is 0 Å². The van der Waals surface area contributed by atoms with Gasteiger partial charge in [0, 0.05) is 18.0 Å². The third-order valence-corrected chi connectivity index (χ3v) is 5.43. The summed E-state index contributed by atoms with van der Waals surface area (Å²) in [6, 6.07) is 10.4. The number of carbonyl (C=O) groups is 1. The predicted molar refractivity (Wildman–Crippen MR) is 85.2 cm³/mol. The van der Waals surface area contributed by atoms with Gasteiger partial charge in [-0.05, 0) is 44.8 Å². The van der Waals surface area contributed by atoms with E-state index < -0.39 is 0 Å². The number of nitrogens with one attached hydrogen (secondary N) is 1. The van der Waals surface area contributed by atoms with Crippen molar-refractivity contribution in [1.29, 1.82) is 0 Å². The Bertz CT molecular complexity index is 491. The van der Waals surface area contributed by atoms with E-state index in [0.29, 0.717) is 5.92 Å². The Hall–Kier alpha value is -1.35. The Labute approximate surface area is 127 Å². The second kappa shape index (κ2) is 5.80. The fraction of sp³-hybridized carbons (Fsp3) is 0.611. The summed E-state index contributed by atoms with van der Waals surface area (Å²) in [5.74, 6) is 0.870. The lowest BCUT2D eigenvalue weighted by atomic mass is 9.96. The van der Waals surface area contributed by atoms with Crippen LogP contribution in [-0.2, 0) is 4.79 Å². The van der Waals surface area contributed by atoms with Crippen molar-refractivity contribution in [1.82, 2.24) is 10.2 Å². The number of benzene rings is 1. The molecule has 2 fully saturated rings. The van der Waals surface area contributed by atoms with Crippen LogP contribution in [0.2, 0.25) is 0 Å². The Morgan fingerprint density at radius 1 is 1.24 bits per heavy atom. The molecule has 2 atom stereocenters. The summed E-state index contributed by atoms with van der Waals surface area (Å²) in [7, 11) is 4.28. The van der Waals surface area contributed by atoms with Crippen molar-refractivity contribution in [2.24, 2.45) is 5.92 Å². The van der Waals surface area contributed by atoms with Gasteiger partial charge in [-0.2, -0.15) is 0 Å². The van der Waals surface area contributed by atoms with Crippen LogP contribution < -0.4 is 5.32 Å². The minimum atomic E-state index is 0.187. The van der Waals surface area contributed by atoms with Crippen molar-refractivity contribution in [3.8, 4) is 0 Å². The van der Waals surface area contributed by atoms with Gasteiger partial charge < -0.3 is 10.2 Å².